The molecule has 0 spiro atoms. The van der Waals surface area contributed by atoms with Crippen LogP contribution >= 0.6 is 0 Å². The van der Waals surface area contributed by atoms with Gasteiger partial charge in [0.25, 0.3) is 0 Å². The van der Waals surface area contributed by atoms with E-state index in [-0.39, 0.29) is 5.54 Å². The van der Waals surface area contributed by atoms with Crippen molar-refractivity contribution in [3.8, 4) is 0 Å². The van der Waals surface area contributed by atoms with Gasteiger partial charge in [-0.2, -0.15) is 0 Å². The molecule has 1 aliphatic heterocycles. The Morgan fingerprint density at radius 1 is 1.53 bits per heavy atom. The van der Waals surface area contributed by atoms with Crippen LogP contribution in [0.3, 0.4) is 0 Å². The Balaban J connectivity index is 2.06. The average molecular weight is 206 g/mol. The quantitative estimate of drug-likeness (QED) is 0.768. The predicted octanol–water partition coefficient (Wildman–Crippen LogP) is 0.572. The molecule has 2 N–H and O–H groups in total. The molecular weight excluding hydrogens is 188 g/mol. The van der Waals surface area contributed by atoms with Gasteiger partial charge >= 0.3 is 0 Å². The predicted molar refractivity (Wildman–Crippen MR) is 59.3 cm³/mol. The summed E-state index contributed by atoms with van der Waals surface area (Å²) in [5.41, 5.74) is 8.31. The second kappa shape index (κ2) is 3.87. The average Bonchev–Trinajstić information content (AvgIpc) is 2.15. The fourth-order valence-electron chi connectivity index (χ4n) is 2.02. The van der Waals surface area contributed by atoms with Crippen LogP contribution in [-0.2, 0) is 13.0 Å². The molecule has 82 valence electrons. The lowest BCUT2D eigenvalue weighted by Crippen LogP contribution is -2.47. The molecule has 0 amide bonds. The topological polar surface area (TPSA) is 55.0 Å². The fourth-order valence-corrected chi connectivity index (χ4v) is 2.02. The van der Waals surface area contributed by atoms with Gasteiger partial charge in [0.05, 0.1) is 5.69 Å². The van der Waals surface area contributed by atoms with Crippen molar-refractivity contribution in [1.29, 1.82) is 0 Å². The van der Waals surface area contributed by atoms with E-state index < -0.39 is 0 Å². The van der Waals surface area contributed by atoms with E-state index in [1.165, 1.54) is 5.56 Å². The summed E-state index contributed by atoms with van der Waals surface area (Å²) in [5, 5.41) is 0. The third-order valence-electron chi connectivity index (χ3n) is 2.58. The Morgan fingerprint density at radius 2 is 2.33 bits per heavy atom. The Hall–Kier alpha value is -1.00. The normalized spacial score (nSPS) is 17.5. The fraction of sp³-hybridized carbons (Fsp3) is 0.636. The number of hydrogen-bond donors (Lipinski definition) is 1. The highest BCUT2D eigenvalue weighted by Crippen LogP contribution is 2.16. The van der Waals surface area contributed by atoms with Crippen LogP contribution in [-0.4, -0.2) is 33.5 Å². The third-order valence-corrected chi connectivity index (χ3v) is 2.58. The van der Waals surface area contributed by atoms with Crippen molar-refractivity contribution in [2.24, 2.45) is 5.73 Å². The molecule has 0 radical (unpaired) electrons. The van der Waals surface area contributed by atoms with Crippen molar-refractivity contribution < 1.29 is 0 Å². The van der Waals surface area contributed by atoms with E-state index in [0.717, 1.165) is 31.7 Å². The Morgan fingerprint density at radius 3 is 3.07 bits per heavy atom. The first-order valence-corrected chi connectivity index (χ1v) is 5.33. The van der Waals surface area contributed by atoms with Gasteiger partial charge in [0.15, 0.2) is 0 Å². The van der Waals surface area contributed by atoms with Crippen molar-refractivity contribution in [1.82, 2.24) is 14.9 Å². The summed E-state index contributed by atoms with van der Waals surface area (Å²) in [6.45, 7) is 6.99. The molecule has 0 unspecified atom stereocenters. The largest absolute Gasteiger partial charge is 0.324 e. The lowest BCUT2D eigenvalue weighted by atomic mass is 10.0. The molecule has 0 aliphatic carbocycles. The molecule has 15 heavy (non-hydrogen) atoms. The molecule has 0 saturated carbocycles. The van der Waals surface area contributed by atoms with E-state index in [1.54, 1.807) is 6.33 Å². The van der Waals surface area contributed by atoms with Crippen LogP contribution in [0.15, 0.2) is 12.5 Å². The van der Waals surface area contributed by atoms with E-state index in [9.17, 15) is 0 Å². The smallest absolute Gasteiger partial charge is 0.115 e. The van der Waals surface area contributed by atoms with Crippen LogP contribution < -0.4 is 5.73 Å². The van der Waals surface area contributed by atoms with Crippen LogP contribution in [0, 0.1) is 0 Å². The van der Waals surface area contributed by atoms with Gasteiger partial charge in [-0.3, -0.25) is 4.90 Å². The number of nitrogens with two attached hydrogens (primary N) is 1. The molecule has 0 aromatic carbocycles. The van der Waals surface area contributed by atoms with Crippen molar-refractivity contribution in [2.75, 3.05) is 13.1 Å². The highest BCUT2D eigenvalue weighted by Gasteiger charge is 2.21. The number of hydrogen-bond acceptors (Lipinski definition) is 4. The van der Waals surface area contributed by atoms with Crippen LogP contribution in [0.2, 0.25) is 0 Å². The maximum atomic E-state index is 6.01. The van der Waals surface area contributed by atoms with Crippen LogP contribution in [0.25, 0.3) is 0 Å². The first-order valence-electron chi connectivity index (χ1n) is 5.33. The summed E-state index contributed by atoms with van der Waals surface area (Å²) in [7, 11) is 0. The molecule has 0 atom stereocenters. The zero-order valence-corrected chi connectivity index (χ0v) is 9.40. The number of rotatable bonds is 2. The second-order valence-electron chi connectivity index (χ2n) is 4.94. The molecule has 0 fully saturated rings. The van der Waals surface area contributed by atoms with Crippen LogP contribution in [0.4, 0.5) is 0 Å². The van der Waals surface area contributed by atoms with Crippen LogP contribution in [0.1, 0.15) is 25.1 Å². The van der Waals surface area contributed by atoms with Crippen molar-refractivity contribution in [3.05, 3.63) is 23.8 Å². The molecule has 2 rings (SSSR count). The Labute approximate surface area is 90.5 Å². The highest BCUT2D eigenvalue weighted by molar-refractivity contribution is 5.18. The van der Waals surface area contributed by atoms with E-state index in [2.05, 4.69) is 28.7 Å². The first-order chi connectivity index (χ1) is 7.04. The van der Waals surface area contributed by atoms with Gasteiger partial charge in [0, 0.05) is 31.4 Å². The van der Waals surface area contributed by atoms with Gasteiger partial charge in [-0.05, 0) is 25.8 Å². The van der Waals surface area contributed by atoms with Crippen LogP contribution in [0.5, 0.6) is 0 Å². The second-order valence-corrected chi connectivity index (χ2v) is 4.94. The van der Waals surface area contributed by atoms with Gasteiger partial charge in [-0.1, -0.05) is 0 Å². The molecule has 2 heterocycles. The van der Waals surface area contributed by atoms with E-state index in [1.807, 2.05) is 6.20 Å². The zero-order chi connectivity index (χ0) is 10.9. The first kappa shape index (κ1) is 10.5. The molecule has 1 aliphatic rings. The van der Waals surface area contributed by atoms with E-state index in [0.29, 0.717) is 0 Å². The maximum Gasteiger partial charge on any atom is 0.115 e. The summed E-state index contributed by atoms with van der Waals surface area (Å²) in [4.78, 5) is 10.7. The minimum Gasteiger partial charge on any atom is -0.324 e. The lowest BCUT2D eigenvalue weighted by Gasteiger charge is -2.32. The van der Waals surface area contributed by atoms with Gasteiger partial charge in [0.2, 0.25) is 0 Å². The summed E-state index contributed by atoms with van der Waals surface area (Å²) in [5.74, 6) is 0. The number of nitrogens with zero attached hydrogens (tertiary/aromatic N) is 3. The lowest BCUT2D eigenvalue weighted by molar-refractivity contribution is 0.206. The minimum atomic E-state index is -0.134. The Kier molecular flexibility index (Phi) is 2.71. The molecule has 0 bridgehead atoms. The minimum absolute atomic E-state index is 0.134. The van der Waals surface area contributed by atoms with E-state index in [4.69, 9.17) is 5.73 Å². The summed E-state index contributed by atoms with van der Waals surface area (Å²) < 4.78 is 0. The number of fused-ring (bicyclic) bond motifs is 1. The standard InChI is InChI=1S/C11H18N4/c1-11(2,12)7-15-4-3-9-5-13-8-14-10(9)6-15/h5,8H,3-4,6-7,12H2,1-2H3. The zero-order valence-electron chi connectivity index (χ0n) is 9.40. The van der Waals surface area contributed by atoms with E-state index >= 15 is 0 Å². The van der Waals surface area contributed by atoms with Crippen molar-refractivity contribution in [2.45, 2.75) is 32.4 Å². The van der Waals surface area contributed by atoms with Gasteiger partial charge < -0.3 is 5.73 Å². The highest BCUT2D eigenvalue weighted by atomic mass is 15.2. The molecule has 1 aromatic rings. The third kappa shape index (κ3) is 2.73. The monoisotopic (exact) mass is 206 g/mol. The van der Waals surface area contributed by atoms with Gasteiger partial charge in [0.1, 0.15) is 6.33 Å². The van der Waals surface area contributed by atoms with Gasteiger partial charge in [-0.25, -0.2) is 9.97 Å². The summed E-state index contributed by atoms with van der Waals surface area (Å²) >= 11 is 0. The summed E-state index contributed by atoms with van der Waals surface area (Å²) in [6.07, 6.45) is 4.58. The molecule has 4 nitrogen and oxygen atoms in total. The molecular formula is C11H18N4. The number of aromatic nitrogens is 2. The van der Waals surface area contributed by atoms with Crippen molar-refractivity contribution in [3.63, 3.8) is 0 Å². The molecule has 4 heteroatoms. The molecule has 0 saturated heterocycles. The summed E-state index contributed by atoms with van der Waals surface area (Å²) in [6, 6.07) is 0. The van der Waals surface area contributed by atoms with Crippen molar-refractivity contribution >= 4 is 0 Å². The maximum absolute atomic E-state index is 6.01. The Bertz CT molecular complexity index is 343. The SMILES string of the molecule is CC(C)(N)CN1CCc2cncnc2C1. The molecule has 1 aromatic heterocycles. The van der Waals surface area contributed by atoms with Gasteiger partial charge in [-0.15, -0.1) is 0 Å².